The summed E-state index contributed by atoms with van der Waals surface area (Å²) in [5.41, 5.74) is 0.724. The quantitative estimate of drug-likeness (QED) is 0.444. The molecule has 2 aromatic carbocycles. The van der Waals surface area contributed by atoms with Gasteiger partial charge in [0.1, 0.15) is 5.82 Å². The maximum absolute atomic E-state index is 12.3. The number of methoxy groups -OCH3 is 1. The molecule has 0 radical (unpaired) electrons. The van der Waals surface area contributed by atoms with Crippen LogP contribution >= 0.6 is 11.6 Å². The predicted octanol–water partition coefficient (Wildman–Crippen LogP) is 3.52. The van der Waals surface area contributed by atoms with E-state index in [1.54, 1.807) is 23.0 Å². The zero-order valence-electron chi connectivity index (χ0n) is 15.4. The fourth-order valence-electron chi connectivity index (χ4n) is 2.56. The van der Waals surface area contributed by atoms with Crippen LogP contribution in [0.2, 0.25) is 5.02 Å². The van der Waals surface area contributed by atoms with Crippen molar-refractivity contribution in [3.05, 3.63) is 75.4 Å². The Hall–Kier alpha value is -3.59. The van der Waals surface area contributed by atoms with Crippen molar-refractivity contribution < 1.29 is 19.2 Å². The minimum atomic E-state index is -0.543. The van der Waals surface area contributed by atoms with E-state index in [1.165, 1.54) is 25.3 Å². The lowest BCUT2D eigenvalue weighted by Gasteiger charge is -2.12. The van der Waals surface area contributed by atoms with Gasteiger partial charge in [-0.2, -0.15) is 5.10 Å². The number of nitrogens with zero attached hydrogens (tertiary/aromatic N) is 3. The van der Waals surface area contributed by atoms with Crippen LogP contribution in [-0.2, 0) is 11.3 Å². The molecule has 1 heterocycles. The molecule has 1 aromatic heterocycles. The van der Waals surface area contributed by atoms with Crippen LogP contribution in [-0.4, -0.2) is 34.3 Å². The van der Waals surface area contributed by atoms with Gasteiger partial charge < -0.3 is 14.8 Å². The van der Waals surface area contributed by atoms with Gasteiger partial charge in [-0.25, -0.2) is 4.68 Å². The summed E-state index contributed by atoms with van der Waals surface area (Å²) in [6.45, 7) is 0.0742. The highest BCUT2D eigenvalue weighted by Gasteiger charge is 2.14. The number of nitrogens with one attached hydrogen (secondary N) is 1. The SMILES string of the molecule is COc1cc([N+](=O)[O-])ccc1OCC(=O)Nc1ccnn1Cc1ccccc1Cl. The Kier molecular flexibility index (Phi) is 6.30. The molecule has 0 unspecified atom stereocenters. The number of hydrogen-bond acceptors (Lipinski definition) is 6. The highest BCUT2D eigenvalue weighted by molar-refractivity contribution is 6.31. The number of carbonyl (C=O) groups excluding carboxylic acids is 1. The molecular formula is C19H17ClN4O5. The summed E-state index contributed by atoms with van der Waals surface area (Å²) >= 11 is 6.17. The Morgan fingerprint density at radius 1 is 1.24 bits per heavy atom. The second-order valence-electron chi connectivity index (χ2n) is 5.89. The van der Waals surface area contributed by atoms with E-state index in [4.69, 9.17) is 21.1 Å². The standard InChI is InChI=1S/C19H17ClN4O5/c1-28-17-10-14(24(26)27)6-7-16(17)29-12-19(25)22-18-8-9-21-23(18)11-13-4-2-3-5-15(13)20/h2-10H,11-12H2,1H3,(H,22,25). The minimum absolute atomic E-state index is 0.137. The van der Waals surface area contributed by atoms with Gasteiger partial charge in [0.2, 0.25) is 0 Å². The summed E-state index contributed by atoms with van der Waals surface area (Å²) in [7, 11) is 1.36. The molecule has 3 rings (SSSR count). The maximum atomic E-state index is 12.3. The molecule has 0 saturated carbocycles. The molecule has 0 atom stereocenters. The minimum Gasteiger partial charge on any atom is -0.493 e. The highest BCUT2D eigenvalue weighted by Crippen LogP contribution is 2.31. The van der Waals surface area contributed by atoms with E-state index in [1.807, 2.05) is 18.2 Å². The number of halogens is 1. The van der Waals surface area contributed by atoms with Gasteiger partial charge in [0.25, 0.3) is 11.6 Å². The number of aromatic nitrogens is 2. The van der Waals surface area contributed by atoms with Gasteiger partial charge in [-0.05, 0) is 17.7 Å². The van der Waals surface area contributed by atoms with Crippen molar-refractivity contribution in [3.63, 3.8) is 0 Å². The first-order valence-electron chi connectivity index (χ1n) is 8.48. The number of benzene rings is 2. The third-order valence-corrected chi connectivity index (χ3v) is 4.35. The molecule has 0 aliphatic heterocycles. The third-order valence-electron chi connectivity index (χ3n) is 3.98. The van der Waals surface area contributed by atoms with Crippen LogP contribution in [0.15, 0.2) is 54.7 Å². The average molecular weight is 417 g/mol. The molecule has 10 heteroatoms. The number of nitro groups is 1. The molecule has 0 aliphatic rings. The maximum Gasteiger partial charge on any atom is 0.273 e. The second kappa shape index (κ2) is 9.07. The van der Waals surface area contributed by atoms with Gasteiger partial charge in [0, 0.05) is 17.2 Å². The van der Waals surface area contributed by atoms with Crippen LogP contribution in [0.3, 0.4) is 0 Å². The van der Waals surface area contributed by atoms with Crippen molar-refractivity contribution >= 4 is 29.0 Å². The molecule has 9 nitrogen and oxygen atoms in total. The number of anilines is 1. The van der Waals surface area contributed by atoms with Crippen LogP contribution in [0.4, 0.5) is 11.5 Å². The van der Waals surface area contributed by atoms with Gasteiger partial charge in [0.05, 0.1) is 30.8 Å². The molecule has 0 saturated heterocycles. The number of rotatable bonds is 8. The summed E-state index contributed by atoms with van der Waals surface area (Å²) in [6, 6.07) is 12.9. The van der Waals surface area contributed by atoms with E-state index in [-0.39, 0.29) is 23.8 Å². The molecule has 0 spiro atoms. The van der Waals surface area contributed by atoms with Crippen molar-refractivity contribution in [3.8, 4) is 11.5 Å². The van der Waals surface area contributed by atoms with Crippen molar-refractivity contribution in [2.75, 3.05) is 19.0 Å². The Labute approximate surface area is 171 Å². The number of carbonyl (C=O) groups is 1. The second-order valence-corrected chi connectivity index (χ2v) is 6.30. The molecule has 29 heavy (non-hydrogen) atoms. The van der Waals surface area contributed by atoms with E-state index < -0.39 is 10.8 Å². The lowest BCUT2D eigenvalue weighted by Crippen LogP contribution is -2.22. The van der Waals surface area contributed by atoms with E-state index in [9.17, 15) is 14.9 Å². The van der Waals surface area contributed by atoms with Crippen LogP contribution in [0.5, 0.6) is 11.5 Å². The lowest BCUT2D eigenvalue weighted by molar-refractivity contribution is -0.384. The molecule has 0 fully saturated rings. The smallest absolute Gasteiger partial charge is 0.273 e. The summed E-state index contributed by atoms with van der Waals surface area (Å²) in [6.07, 6.45) is 1.56. The van der Waals surface area contributed by atoms with E-state index >= 15 is 0 Å². The first-order valence-corrected chi connectivity index (χ1v) is 8.86. The van der Waals surface area contributed by atoms with Gasteiger partial charge in [-0.1, -0.05) is 29.8 Å². The van der Waals surface area contributed by atoms with E-state index in [2.05, 4.69) is 10.4 Å². The largest absolute Gasteiger partial charge is 0.493 e. The molecular weight excluding hydrogens is 400 g/mol. The van der Waals surface area contributed by atoms with Gasteiger partial charge >= 0.3 is 0 Å². The van der Waals surface area contributed by atoms with Crippen LogP contribution in [0.1, 0.15) is 5.56 Å². The van der Waals surface area contributed by atoms with Crippen LogP contribution in [0.25, 0.3) is 0 Å². The summed E-state index contributed by atoms with van der Waals surface area (Å²) in [5.74, 6) is 0.439. The van der Waals surface area contributed by atoms with E-state index in [0.717, 1.165) is 5.56 Å². The Morgan fingerprint density at radius 3 is 2.76 bits per heavy atom. The summed E-state index contributed by atoms with van der Waals surface area (Å²) in [4.78, 5) is 22.6. The number of non-ortho nitro benzene ring substituents is 1. The van der Waals surface area contributed by atoms with Crippen LogP contribution < -0.4 is 14.8 Å². The number of ether oxygens (including phenoxy) is 2. The van der Waals surface area contributed by atoms with Crippen LogP contribution in [0, 0.1) is 10.1 Å². The number of hydrogen-bond donors (Lipinski definition) is 1. The molecule has 0 aliphatic carbocycles. The Morgan fingerprint density at radius 2 is 2.03 bits per heavy atom. The van der Waals surface area contributed by atoms with Gasteiger partial charge in [0.15, 0.2) is 18.1 Å². The first-order chi connectivity index (χ1) is 14.0. The van der Waals surface area contributed by atoms with Crippen molar-refractivity contribution in [1.29, 1.82) is 0 Å². The zero-order valence-corrected chi connectivity index (χ0v) is 16.1. The lowest BCUT2D eigenvalue weighted by atomic mass is 10.2. The molecule has 1 N–H and O–H groups in total. The number of amides is 1. The molecule has 3 aromatic rings. The third kappa shape index (κ3) is 5.02. The zero-order chi connectivity index (χ0) is 20.8. The molecule has 1 amide bonds. The molecule has 150 valence electrons. The average Bonchev–Trinajstić information content (AvgIpc) is 3.14. The Balaban J connectivity index is 1.63. The fraction of sp³-hybridized carbons (Fsp3) is 0.158. The van der Waals surface area contributed by atoms with Crippen molar-refractivity contribution in [2.45, 2.75) is 6.54 Å². The summed E-state index contributed by atoms with van der Waals surface area (Å²) < 4.78 is 12.1. The highest BCUT2D eigenvalue weighted by atomic mass is 35.5. The Bertz CT molecular complexity index is 1040. The van der Waals surface area contributed by atoms with Crippen molar-refractivity contribution in [2.24, 2.45) is 0 Å². The predicted molar refractivity (Wildman–Crippen MR) is 107 cm³/mol. The fourth-order valence-corrected chi connectivity index (χ4v) is 2.76. The topological polar surface area (TPSA) is 109 Å². The normalized spacial score (nSPS) is 10.4. The molecule has 0 bridgehead atoms. The monoisotopic (exact) mass is 416 g/mol. The van der Waals surface area contributed by atoms with Gasteiger partial charge in [-0.3, -0.25) is 14.9 Å². The summed E-state index contributed by atoms with van der Waals surface area (Å²) in [5, 5.41) is 18.4. The first kappa shape index (κ1) is 20.2. The van der Waals surface area contributed by atoms with Crippen molar-refractivity contribution in [1.82, 2.24) is 9.78 Å². The van der Waals surface area contributed by atoms with E-state index in [0.29, 0.717) is 17.4 Å². The van der Waals surface area contributed by atoms with Gasteiger partial charge in [-0.15, -0.1) is 0 Å². The number of nitro benzene ring substituents is 1.